The third kappa shape index (κ3) is 4.07. The summed E-state index contributed by atoms with van der Waals surface area (Å²) >= 11 is 0. The molecule has 6 unspecified atom stereocenters. The fourth-order valence-corrected chi connectivity index (χ4v) is 6.44. The van der Waals surface area contributed by atoms with E-state index in [1.165, 1.54) is 0 Å². The van der Waals surface area contributed by atoms with E-state index in [0.717, 1.165) is 10.7 Å². The number of hydrogen-bond acceptors (Lipinski definition) is 6. The first-order valence-corrected chi connectivity index (χ1v) is 11.5. The third-order valence-corrected chi connectivity index (χ3v) is 7.99. The highest BCUT2D eigenvalue weighted by Gasteiger charge is 2.53. The Labute approximate surface area is 168 Å². The first-order valence-electron chi connectivity index (χ1n) is 10.0. The molecule has 2 saturated heterocycles. The Morgan fingerprint density at radius 3 is 2.69 bits per heavy atom. The highest BCUT2D eigenvalue weighted by molar-refractivity contribution is 7.88. The number of rotatable bonds is 5. The average molecular weight is 434 g/mol. The number of urea groups is 1. The summed E-state index contributed by atoms with van der Waals surface area (Å²) in [6.45, 7) is 1.62. The summed E-state index contributed by atoms with van der Waals surface area (Å²) in [5.74, 6) is -1.21. The zero-order chi connectivity index (χ0) is 20.8. The molecule has 10 nitrogen and oxygen atoms in total. The SMILES string of the molecule is O=C1CN(C2C(O)CC3CCC(OCCN4CCNC4=O)CC3C2F)S(=O)(=O)N1. The van der Waals surface area contributed by atoms with Crippen molar-refractivity contribution >= 4 is 22.1 Å². The number of nitrogens with zero attached hydrogens (tertiary/aromatic N) is 2. The molecule has 3 N–H and O–H groups in total. The second-order valence-electron chi connectivity index (χ2n) is 8.26. The van der Waals surface area contributed by atoms with Crippen molar-refractivity contribution in [2.75, 3.05) is 32.8 Å². The van der Waals surface area contributed by atoms with E-state index < -0.39 is 46.9 Å². The standard InChI is InChI=1S/C17H27FN4O6S/c18-15-12-8-11(28-6-5-21-4-3-19-17(21)25)2-1-10(12)7-13(23)16(15)22-9-14(24)20-29(22,26)27/h10-13,15-16,23H,1-9H2,(H,19,25)(H,20,24). The molecular weight excluding hydrogens is 407 g/mol. The van der Waals surface area contributed by atoms with Crippen LogP contribution in [-0.4, -0.2) is 91.9 Å². The quantitative estimate of drug-likeness (QED) is 0.507. The molecule has 2 aliphatic heterocycles. The van der Waals surface area contributed by atoms with Crippen molar-refractivity contribution < 1.29 is 32.2 Å². The Morgan fingerprint density at radius 1 is 1.24 bits per heavy atom. The minimum atomic E-state index is -4.12. The highest BCUT2D eigenvalue weighted by Crippen LogP contribution is 2.45. The lowest BCUT2D eigenvalue weighted by Crippen LogP contribution is -2.59. The van der Waals surface area contributed by atoms with Gasteiger partial charge in [-0.1, -0.05) is 0 Å². The van der Waals surface area contributed by atoms with Gasteiger partial charge in [0.1, 0.15) is 6.17 Å². The van der Waals surface area contributed by atoms with Crippen molar-refractivity contribution in [3.63, 3.8) is 0 Å². The lowest BCUT2D eigenvalue weighted by molar-refractivity contribution is -0.120. The van der Waals surface area contributed by atoms with Crippen molar-refractivity contribution in [2.45, 2.75) is 50.1 Å². The number of ether oxygens (including phenoxy) is 1. The van der Waals surface area contributed by atoms with Gasteiger partial charge in [0.2, 0.25) is 5.91 Å². The van der Waals surface area contributed by atoms with Crippen LogP contribution >= 0.6 is 0 Å². The van der Waals surface area contributed by atoms with Crippen molar-refractivity contribution in [2.24, 2.45) is 11.8 Å². The summed E-state index contributed by atoms with van der Waals surface area (Å²) in [7, 11) is -4.12. The van der Waals surface area contributed by atoms with Crippen molar-refractivity contribution in [3.8, 4) is 0 Å². The molecule has 12 heteroatoms. The van der Waals surface area contributed by atoms with Gasteiger partial charge in [0, 0.05) is 19.6 Å². The van der Waals surface area contributed by atoms with Gasteiger partial charge >= 0.3 is 16.2 Å². The molecule has 2 aliphatic carbocycles. The monoisotopic (exact) mass is 434 g/mol. The summed E-state index contributed by atoms with van der Waals surface area (Å²) in [6, 6.07) is -1.38. The number of amides is 3. The molecule has 29 heavy (non-hydrogen) atoms. The van der Waals surface area contributed by atoms with Gasteiger partial charge in [0.15, 0.2) is 0 Å². The number of hydrogen-bond donors (Lipinski definition) is 3. The predicted octanol–water partition coefficient (Wildman–Crippen LogP) is -1.04. The molecule has 3 amide bonds. The molecule has 4 rings (SSSR count). The maximum Gasteiger partial charge on any atom is 0.317 e. The molecule has 0 bridgehead atoms. The van der Waals surface area contributed by atoms with E-state index in [4.69, 9.17) is 4.74 Å². The van der Waals surface area contributed by atoms with E-state index in [-0.39, 0.29) is 18.1 Å². The lowest BCUT2D eigenvalue weighted by atomic mass is 9.66. The van der Waals surface area contributed by atoms with Gasteiger partial charge in [-0.05, 0) is 37.5 Å². The molecular formula is C17H27FN4O6S. The van der Waals surface area contributed by atoms with Crippen LogP contribution in [0.4, 0.5) is 9.18 Å². The van der Waals surface area contributed by atoms with Crippen LogP contribution < -0.4 is 10.0 Å². The van der Waals surface area contributed by atoms with E-state index in [1.54, 1.807) is 4.90 Å². The van der Waals surface area contributed by atoms with Crippen LogP contribution in [0.2, 0.25) is 0 Å². The lowest BCUT2D eigenvalue weighted by Gasteiger charge is -2.47. The number of aliphatic hydroxyl groups excluding tert-OH is 1. The molecule has 0 radical (unpaired) electrons. The summed E-state index contributed by atoms with van der Waals surface area (Å²) < 4.78 is 48.2. The van der Waals surface area contributed by atoms with Gasteiger partial charge in [-0.25, -0.2) is 13.9 Å². The topological polar surface area (TPSA) is 128 Å². The zero-order valence-corrected chi connectivity index (χ0v) is 16.8. The van der Waals surface area contributed by atoms with Gasteiger partial charge in [-0.3, -0.25) is 4.79 Å². The number of nitrogens with one attached hydrogen (secondary N) is 2. The molecule has 4 aliphatic rings. The van der Waals surface area contributed by atoms with Crippen molar-refractivity contribution in [1.29, 1.82) is 0 Å². The molecule has 2 heterocycles. The van der Waals surface area contributed by atoms with Crippen LogP contribution in [0, 0.1) is 11.8 Å². The van der Waals surface area contributed by atoms with Crippen LogP contribution in [-0.2, 0) is 19.7 Å². The van der Waals surface area contributed by atoms with E-state index in [0.29, 0.717) is 45.5 Å². The maximum atomic E-state index is 15.4. The second-order valence-corrected chi connectivity index (χ2v) is 9.89. The van der Waals surface area contributed by atoms with Gasteiger partial charge in [-0.2, -0.15) is 12.7 Å². The van der Waals surface area contributed by atoms with E-state index >= 15 is 4.39 Å². The Balaban J connectivity index is 1.37. The minimum absolute atomic E-state index is 0.0468. The number of halogens is 1. The van der Waals surface area contributed by atoms with Crippen LogP contribution in [0.1, 0.15) is 25.7 Å². The van der Waals surface area contributed by atoms with Gasteiger partial charge < -0.3 is 20.1 Å². The predicted molar refractivity (Wildman–Crippen MR) is 98.6 cm³/mol. The molecule has 0 aromatic rings. The molecule has 164 valence electrons. The first kappa shape index (κ1) is 20.8. The fraction of sp³-hybridized carbons (Fsp3) is 0.882. The van der Waals surface area contributed by atoms with Crippen molar-refractivity contribution in [1.82, 2.24) is 19.2 Å². The molecule has 4 fully saturated rings. The Bertz CT molecular complexity index is 767. The fourth-order valence-electron chi connectivity index (χ4n) is 5.11. The summed E-state index contributed by atoms with van der Waals surface area (Å²) in [4.78, 5) is 24.7. The maximum absolute atomic E-state index is 15.4. The highest BCUT2D eigenvalue weighted by atomic mass is 32.2. The Morgan fingerprint density at radius 2 is 2.03 bits per heavy atom. The Hall–Kier alpha value is -1.50. The Kier molecular flexibility index (Phi) is 5.70. The zero-order valence-electron chi connectivity index (χ0n) is 16.0. The summed E-state index contributed by atoms with van der Waals surface area (Å²) in [6.07, 6.45) is -0.756. The first-order chi connectivity index (χ1) is 13.8. The van der Waals surface area contributed by atoms with E-state index in [9.17, 15) is 23.1 Å². The van der Waals surface area contributed by atoms with Crippen LogP contribution in [0.3, 0.4) is 0 Å². The van der Waals surface area contributed by atoms with E-state index in [1.807, 2.05) is 4.72 Å². The molecule has 2 saturated carbocycles. The number of aliphatic hydroxyl groups is 1. The number of fused-ring (bicyclic) bond motifs is 1. The largest absolute Gasteiger partial charge is 0.391 e. The second kappa shape index (κ2) is 7.97. The summed E-state index contributed by atoms with van der Waals surface area (Å²) in [5, 5.41) is 13.2. The normalized spacial score (nSPS) is 39.9. The van der Waals surface area contributed by atoms with Gasteiger partial charge in [0.05, 0.1) is 31.4 Å². The minimum Gasteiger partial charge on any atom is -0.391 e. The van der Waals surface area contributed by atoms with Gasteiger partial charge in [0.25, 0.3) is 0 Å². The third-order valence-electron chi connectivity index (χ3n) is 6.52. The molecule has 6 atom stereocenters. The average Bonchev–Trinajstić information content (AvgIpc) is 3.17. The van der Waals surface area contributed by atoms with Gasteiger partial charge in [-0.15, -0.1) is 0 Å². The van der Waals surface area contributed by atoms with E-state index in [2.05, 4.69) is 5.32 Å². The van der Waals surface area contributed by atoms with Crippen molar-refractivity contribution in [3.05, 3.63) is 0 Å². The number of carbonyl (C=O) groups is 2. The number of alkyl halides is 1. The number of carbonyl (C=O) groups excluding carboxylic acids is 2. The van der Waals surface area contributed by atoms with Crippen LogP contribution in [0.15, 0.2) is 0 Å². The molecule has 0 spiro atoms. The smallest absolute Gasteiger partial charge is 0.317 e. The molecule has 0 aromatic heterocycles. The summed E-state index contributed by atoms with van der Waals surface area (Å²) in [5.41, 5.74) is 0. The van der Waals surface area contributed by atoms with Crippen LogP contribution in [0.5, 0.6) is 0 Å². The van der Waals surface area contributed by atoms with Crippen LogP contribution in [0.25, 0.3) is 0 Å². The molecule has 0 aromatic carbocycles.